The van der Waals surface area contributed by atoms with Crippen molar-refractivity contribution in [1.29, 1.82) is 0 Å². The van der Waals surface area contributed by atoms with E-state index in [1.54, 1.807) is 12.1 Å². The number of hydrogen-bond donors (Lipinski definition) is 2. The molecule has 5 nitrogen and oxygen atoms in total. The molecule has 2 N–H and O–H groups in total. The lowest BCUT2D eigenvalue weighted by atomic mass is 9.98. The molecule has 0 heterocycles. The second-order valence-electron chi connectivity index (χ2n) is 6.19. The fourth-order valence-electron chi connectivity index (χ4n) is 2.35. The van der Waals surface area contributed by atoms with Gasteiger partial charge >= 0.3 is 0 Å². The van der Waals surface area contributed by atoms with Gasteiger partial charge in [0.15, 0.2) is 0 Å². The molecule has 0 saturated heterocycles. The monoisotopic (exact) mass is 354 g/mol. The summed E-state index contributed by atoms with van der Waals surface area (Å²) in [4.78, 5) is 12.5. The number of benzene rings is 1. The standard InChI is InChI=1S/C18H30N2O3S/c1-5-8-9-15(7-3)18(21)19-16-10-12-17(13-11-16)24(22,23)20-14(4)6-2/h10-15,20H,5-9H2,1-4H3,(H,19,21). The van der Waals surface area contributed by atoms with Crippen molar-refractivity contribution in [2.24, 2.45) is 5.92 Å². The number of unbranched alkanes of at least 4 members (excludes halogenated alkanes) is 1. The summed E-state index contributed by atoms with van der Waals surface area (Å²) in [5.74, 6) is -0.000262. The van der Waals surface area contributed by atoms with E-state index in [4.69, 9.17) is 0 Å². The van der Waals surface area contributed by atoms with Crippen molar-refractivity contribution in [2.45, 2.75) is 70.7 Å². The average Bonchev–Trinajstić information content (AvgIpc) is 2.55. The number of sulfonamides is 1. The van der Waals surface area contributed by atoms with Gasteiger partial charge in [-0.3, -0.25) is 4.79 Å². The molecule has 24 heavy (non-hydrogen) atoms. The van der Waals surface area contributed by atoms with Crippen molar-refractivity contribution in [1.82, 2.24) is 4.72 Å². The smallest absolute Gasteiger partial charge is 0.240 e. The Morgan fingerprint density at radius 2 is 1.71 bits per heavy atom. The van der Waals surface area contributed by atoms with E-state index in [9.17, 15) is 13.2 Å². The van der Waals surface area contributed by atoms with Gasteiger partial charge in [0.2, 0.25) is 15.9 Å². The van der Waals surface area contributed by atoms with E-state index in [2.05, 4.69) is 17.0 Å². The summed E-state index contributed by atoms with van der Waals surface area (Å²) in [6.07, 6.45) is 4.51. The van der Waals surface area contributed by atoms with Crippen molar-refractivity contribution < 1.29 is 13.2 Å². The van der Waals surface area contributed by atoms with Crippen LogP contribution in [0.15, 0.2) is 29.2 Å². The van der Waals surface area contributed by atoms with Crippen LogP contribution in [0.25, 0.3) is 0 Å². The third-order valence-corrected chi connectivity index (χ3v) is 5.78. The van der Waals surface area contributed by atoms with Gasteiger partial charge in [0.05, 0.1) is 4.90 Å². The lowest BCUT2D eigenvalue weighted by Crippen LogP contribution is -2.32. The van der Waals surface area contributed by atoms with Gasteiger partial charge in [-0.2, -0.15) is 0 Å². The van der Waals surface area contributed by atoms with Gasteiger partial charge in [-0.05, 0) is 50.5 Å². The zero-order chi connectivity index (χ0) is 18.2. The molecule has 0 bridgehead atoms. The maximum atomic E-state index is 12.3. The lowest BCUT2D eigenvalue weighted by molar-refractivity contribution is -0.120. The zero-order valence-electron chi connectivity index (χ0n) is 15.1. The van der Waals surface area contributed by atoms with Gasteiger partial charge < -0.3 is 5.32 Å². The van der Waals surface area contributed by atoms with Crippen molar-refractivity contribution in [3.8, 4) is 0 Å². The highest BCUT2D eigenvalue weighted by Gasteiger charge is 2.18. The Morgan fingerprint density at radius 1 is 1.08 bits per heavy atom. The normalized spacial score (nSPS) is 14.2. The summed E-state index contributed by atoms with van der Waals surface area (Å²) in [7, 11) is -3.51. The number of anilines is 1. The third kappa shape index (κ3) is 6.24. The summed E-state index contributed by atoms with van der Waals surface area (Å²) in [5, 5.41) is 2.88. The number of nitrogens with one attached hydrogen (secondary N) is 2. The molecular weight excluding hydrogens is 324 g/mol. The van der Waals surface area contributed by atoms with E-state index in [1.165, 1.54) is 12.1 Å². The van der Waals surface area contributed by atoms with Gasteiger partial charge in [-0.15, -0.1) is 0 Å². The molecule has 1 aromatic rings. The fraction of sp³-hybridized carbons (Fsp3) is 0.611. The summed E-state index contributed by atoms with van der Waals surface area (Å²) < 4.78 is 27.0. The molecule has 0 spiro atoms. The number of hydrogen-bond acceptors (Lipinski definition) is 3. The maximum absolute atomic E-state index is 12.3. The van der Waals surface area contributed by atoms with Crippen LogP contribution in [0.4, 0.5) is 5.69 Å². The Hall–Kier alpha value is -1.40. The zero-order valence-corrected chi connectivity index (χ0v) is 15.9. The number of carbonyl (C=O) groups excluding carboxylic acids is 1. The second kappa shape index (κ2) is 9.79. The van der Waals surface area contributed by atoms with E-state index in [0.717, 1.165) is 32.1 Å². The quantitative estimate of drug-likeness (QED) is 0.669. The lowest BCUT2D eigenvalue weighted by Gasteiger charge is -2.15. The number of amides is 1. The summed E-state index contributed by atoms with van der Waals surface area (Å²) in [6, 6.07) is 6.20. The highest BCUT2D eigenvalue weighted by Crippen LogP contribution is 2.18. The highest BCUT2D eigenvalue weighted by atomic mass is 32.2. The molecule has 0 radical (unpaired) electrons. The minimum absolute atomic E-state index is 0.000398. The topological polar surface area (TPSA) is 75.3 Å². The van der Waals surface area contributed by atoms with Crippen LogP contribution in [0.3, 0.4) is 0 Å². The molecule has 0 fully saturated rings. The molecule has 1 amide bonds. The van der Waals surface area contributed by atoms with E-state index in [1.807, 2.05) is 20.8 Å². The van der Waals surface area contributed by atoms with Crippen LogP contribution in [0, 0.1) is 5.92 Å². The molecule has 2 unspecified atom stereocenters. The second-order valence-corrected chi connectivity index (χ2v) is 7.91. The number of carbonyl (C=O) groups is 1. The molecule has 1 rings (SSSR count). The van der Waals surface area contributed by atoms with E-state index >= 15 is 0 Å². The summed E-state index contributed by atoms with van der Waals surface area (Å²) in [6.45, 7) is 7.87. The first-order valence-electron chi connectivity index (χ1n) is 8.77. The van der Waals surface area contributed by atoms with Gasteiger partial charge in [0.25, 0.3) is 0 Å². The Labute approximate surface area is 146 Å². The maximum Gasteiger partial charge on any atom is 0.240 e. The molecule has 1 aromatic carbocycles. The van der Waals surface area contributed by atoms with Gasteiger partial charge in [0.1, 0.15) is 0 Å². The van der Waals surface area contributed by atoms with Crippen molar-refractivity contribution in [3.63, 3.8) is 0 Å². The minimum atomic E-state index is -3.51. The van der Waals surface area contributed by atoms with Gasteiger partial charge in [-0.25, -0.2) is 13.1 Å². The van der Waals surface area contributed by atoms with Crippen LogP contribution in [-0.4, -0.2) is 20.4 Å². The Bertz CT molecular complexity index is 612. The van der Waals surface area contributed by atoms with E-state index in [-0.39, 0.29) is 22.8 Å². The van der Waals surface area contributed by atoms with Crippen LogP contribution in [0.2, 0.25) is 0 Å². The van der Waals surface area contributed by atoms with Crippen LogP contribution in [0.5, 0.6) is 0 Å². The van der Waals surface area contributed by atoms with Crippen molar-refractivity contribution >= 4 is 21.6 Å². The molecule has 6 heteroatoms. The third-order valence-electron chi connectivity index (χ3n) is 4.17. The Balaban J connectivity index is 2.75. The molecule has 136 valence electrons. The van der Waals surface area contributed by atoms with Gasteiger partial charge in [0, 0.05) is 17.6 Å². The first kappa shape index (κ1) is 20.6. The van der Waals surface area contributed by atoms with Crippen molar-refractivity contribution in [2.75, 3.05) is 5.32 Å². The summed E-state index contributed by atoms with van der Waals surface area (Å²) in [5.41, 5.74) is 0.623. The van der Waals surface area contributed by atoms with Crippen LogP contribution >= 0.6 is 0 Å². The van der Waals surface area contributed by atoms with Crippen LogP contribution < -0.4 is 10.0 Å². The van der Waals surface area contributed by atoms with E-state index < -0.39 is 10.0 Å². The highest BCUT2D eigenvalue weighted by molar-refractivity contribution is 7.89. The van der Waals surface area contributed by atoms with Crippen molar-refractivity contribution in [3.05, 3.63) is 24.3 Å². The Kier molecular flexibility index (Phi) is 8.42. The largest absolute Gasteiger partial charge is 0.326 e. The van der Waals surface area contributed by atoms with Crippen LogP contribution in [0.1, 0.15) is 59.8 Å². The average molecular weight is 355 g/mol. The molecular formula is C18H30N2O3S. The predicted molar refractivity (Wildman–Crippen MR) is 98.5 cm³/mol. The molecule has 2 atom stereocenters. The summed E-state index contributed by atoms with van der Waals surface area (Å²) >= 11 is 0. The predicted octanol–water partition coefficient (Wildman–Crippen LogP) is 3.92. The Morgan fingerprint density at radius 3 is 2.21 bits per heavy atom. The molecule has 0 aliphatic rings. The fourth-order valence-corrected chi connectivity index (χ4v) is 3.68. The van der Waals surface area contributed by atoms with Gasteiger partial charge in [-0.1, -0.05) is 33.6 Å². The SMILES string of the molecule is CCCCC(CC)C(=O)Nc1ccc(S(=O)(=O)NC(C)CC)cc1. The number of rotatable bonds is 10. The minimum Gasteiger partial charge on any atom is -0.326 e. The molecule has 0 aliphatic heterocycles. The molecule has 0 aromatic heterocycles. The first-order chi connectivity index (χ1) is 11.3. The molecule has 0 saturated carbocycles. The van der Waals surface area contributed by atoms with Crippen LogP contribution in [-0.2, 0) is 14.8 Å². The first-order valence-corrected chi connectivity index (χ1v) is 10.3. The molecule has 0 aliphatic carbocycles. The van der Waals surface area contributed by atoms with E-state index in [0.29, 0.717) is 5.69 Å².